The minimum atomic E-state index is -0.681. The number of hydrogen-bond donors (Lipinski definition) is 0. The van der Waals surface area contributed by atoms with E-state index < -0.39 is 11.8 Å². The Hall–Kier alpha value is -2.73. The van der Waals surface area contributed by atoms with Crippen molar-refractivity contribution in [3.63, 3.8) is 0 Å². The van der Waals surface area contributed by atoms with Crippen molar-refractivity contribution < 1.29 is 18.7 Å². The Balaban J connectivity index is 2.15. The topological polar surface area (TPSA) is 46.6 Å². The number of thiophene rings is 1. The van der Waals surface area contributed by atoms with Gasteiger partial charge in [0.1, 0.15) is 11.4 Å². The van der Waals surface area contributed by atoms with Gasteiger partial charge in [0.25, 0.3) is 0 Å². The van der Waals surface area contributed by atoms with Crippen molar-refractivity contribution in [2.24, 2.45) is 0 Å². The first-order chi connectivity index (χ1) is 11.5. The maximum atomic E-state index is 13.2. The summed E-state index contributed by atoms with van der Waals surface area (Å²) in [7, 11) is 1.24. The molecule has 0 atom stereocenters. The van der Waals surface area contributed by atoms with Crippen molar-refractivity contribution in [1.82, 2.24) is 0 Å². The third kappa shape index (κ3) is 2.76. The highest BCUT2D eigenvalue weighted by atomic mass is 32.1. The van der Waals surface area contributed by atoms with Gasteiger partial charge in [0.2, 0.25) is 5.78 Å². The maximum Gasteiger partial charge on any atom is 0.343 e. The molecule has 2 heterocycles. The highest BCUT2D eigenvalue weighted by molar-refractivity contribution is 7.10. The molecule has 3 rings (SSSR count). The van der Waals surface area contributed by atoms with Crippen LogP contribution in [0.3, 0.4) is 0 Å². The zero-order chi connectivity index (χ0) is 17.3. The first-order valence-electron chi connectivity index (χ1n) is 7.17. The second-order valence-corrected chi connectivity index (χ2v) is 6.12. The summed E-state index contributed by atoms with van der Waals surface area (Å²) in [6, 6.07) is 9.50. The normalized spacial score (nSPS) is 16.2. The van der Waals surface area contributed by atoms with Crippen molar-refractivity contribution >= 4 is 34.9 Å². The molecule has 0 amide bonds. The lowest BCUT2D eigenvalue weighted by atomic mass is 10.1. The molecule has 1 aromatic heterocycles. The largest absolute Gasteiger partial charge is 0.465 e. The van der Waals surface area contributed by atoms with Gasteiger partial charge >= 0.3 is 5.97 Å². The monoisotopic (exact) mass is 343 g/mol. The first kappa shape index (κ1) is 16.1. The Bertz CT molecular complexity index is 851. The van der Waals surface area contributed by atoms with Crippen LogP contribution in [0.25, 0.3) is 6.08 Å². The van der Waals surface area contributed by atoms with Gasteiger partial charge in [-0.1, -0.05) is 6.07 Å². The van der Waals surface area contributed by atoms with E-state index in [1.807, 2.05) is 17.5 Å². The smallest absolute Gasteiger partial charge is 0.343 e. The van der Waals surface area contributed by atoms with E-state index in [-0.39, 0.29) is 11.4 Å². The molecule has 0 radical (unpaired) electrons. The van der Waals surface area contributed by atoms with Crippen LogP contribution in [0.15, 0.2) is 58.7 Å². The molecule has 1 aliphatic rings. The van der Waals surface area contributed by atoms with Gasteiger partial charge in [-0.15, -0.1) is 11.3 Å². The van der Waals surface area contributed by atoms with E-state index in [1.54, 1.807) is 30.0 Å². The van der Waals surface area contributed by atoms with Crippen LogP contribution in [0, 0.1) is 5.82 Å². The van der Waals surface area contributed by atoms with Crippen molar-refractivity contribution in [2.45, 2.75) is 6.92 Å². The number of hydrogen-bond acceptors (Lipinski definition) is 5. The summed E-state index contributed by atoms with van der Waals surface area (Å²) in [6.45, 7) is 1.67. The number of esters is 1. The van der Waals surface area contributed by atoms with E-state index in [9.17, 15) is 14.0 Å². The molecule has 0 saturated carbocycles. The number of nitrogens with zero attached hydrogens (tertiary/aromatic N) is 1. The number of Topliss-reactive ketones (excluding diaryl/α,β-unsaturated/α-hetero) is 1. The van der Waals surface area contributed by atoms with Gasteiger partial charge in [-0.25, -0.2) is 9.18 Å². The average Bonchev–Trinajstić information content (AvgIpc) is 3.16. The Morgan fingerprint density at radius 2 is 1.96 bits per heavy atom. The van der Waals surface area contributed by atoms with Crippen LogP contribution in [0.5, 0.6) is 0 Å². The summed E-state index contributed by atoms with van der Waals surface area (Å²) in [4.78, 5) is 27.3. The molecular weight excluding hydrogens is 329 g/mol. The standard InChI is InChI=1S/C18H14FNO3S/c1-11-16(18(22)23-2)17(21)15(10-14-4-3-9-24-14)20(11)13-7-5-12(19)6-8-13/h3-10H,1-2H3/b15-10-. The van der Waals surface area contributed by atoms with Crippen molar-refractivity contribution in [2.75, 3.05) is 12.0 Å². The van der Waals surface area contributed by atoms with Crippen molar-refractivity contribution in [3.05, 3.63) is 69.4 Å². The number of halogens is 1. The summed E-state index contributed by atoms with van der Waals surface area (Å²) in [5.74, 6) is -1.46. The Morgan fingerprint density at radius 3 is 2.54 bits per heavy atom. The minimum Gasteiger partial charge on any atom is -0.465 e. The number of carbonyl (C=O) groups is 2. The Labute approximate surface area is 142 Å². The lowest BCUT2D eigenvalue weighted by Gasteiger charge is -2.21. The third-order valence-corrected chi connectivity index (χ3v) is 4.51. The molecule has 0 fully saturated rings. The summed E-state index contributed by atoms with van der Waals surface area (Å²) in [6.07, 6.45) is 1.72. The van der Waals surface area contributed by atoms with Crippen LogP contribution >= 0.6 is 11.3 Å². The second kappa shape index (κ2) is 6.41. The van der Waals surface area contributed by atoms with Crippen LogP contribution in [0.2, 0.25) is 0 Å². The first-order valence-corrected chi connectivity index (χ1v) is 8.05. The Kier molecular flexibility index (Phi) is 4.31. The van der Waals surface area contributed by atoms with E-state index in [4.69, 9.17) is 4.74 Å². The maximum absolute atomic E-state index is 13.2. The number of ether oxygens (including phenoxy) is 1. The second-order valence-electron chi connectivity index (χ2n) is 5.14. The lowest BCUT2D eigenvalue weighted by Crippen LogP contribution is -2.18. The van der Waals surface area contributed by atoms with Gasteiger partial charge < -0.3 is 9.64 Å². The number of rotatable bonds is 3. The number of ketones is 1. The summed E-state index contributed by atoms with van der Waals surface area (Å²) in [5, 5.41) is 1.90. The van der Waals surface area contributed by atoms with Gasteiger partial charge in [-0.3, -0.25) is 4.79 Å². The molecule has 0 bridgehead atoms. The summed E-state index contributed by atoms with van der Waals surface area (Å²) < 4.78 is 18.0. The predicted molar refractivity (Wildman–Crippen MR) is 90.9 cm³/mol. The van der Waals surface area contributed by atoms with Gasteiger partial charge in [0, 0.05) is 16.3 Å². The van der Waals surface area contributed by atoms with E-state index in [1.165, 1.54) is 30.6 Å². The predicted octanol–water partition coefficient (Wildman–Crippen LogP) is 3.76. The van der Waals surface area contributed by atoms with E-state index in [0.29, 0.717) is 17.1 Å². The number of carbonyl (C=O) groups excluding carboxylic acids is 2. The van der Waals surface area contributed by atoms with Gasteiger partial charge in [-0.2, -0.15) is 0 Å². The fourth-order valence-electron chi connectivity index (χ4n) is 2.59. The fraction of sp³-hybridized carbons (Fsp3) is 0.111. The molecule has 122 valence electrons. The molecule has 6 heteroatoms. The molecule has 0 spiro atoms. The molecule has 0 aliphatic carbocycles. The van der Waals surface area contributed by atoms with Crippen molar-refractivity contribution in [1.29, 1.82) is 0 Å². The van der Waals surface area contributed by atoms with Crippen LogP contribution in [-0.4, -0.2) is 18.9 Å². The molecular formula is C18H14FNO3S. The van der Waals surface area contributed by atoms with E-state index in [2.05, 4.69) is 0 Å². The summed E-state index contributed by atoms with van der Waals surface area (Å²) in [5.41, 5.74) is 1.39. The van der Waals surface area contributed by atoms with Crippen LogP contribution < -0.4 is 4.90 Å². The third-order valence-electron chi connectivity index (χ3n) is 3.69. The number of allylic oxidation sites excluding steroid dienone is 2. The number of benzene rings is 1. The molecule has 0 saturated heterocycles. The van der Waals surface area contributed by atoms with Gasteiger partial charge in [0.05, 0.1) is 12.8 Å². The number of methoxy groups -OCH3 is 1. The molecule has 24 heavy (non-hydrogen) atoms. The van der Waals surface area contributed by atoms with Crippen molar-refractivity contribution in [3.8, 4) is 0 Å². The minimum absolute atomic E-state index is 0.00960. The summed E-state index contributed by atoms with van der Waals surface area (Å²) >= 11 is 1.48. The molecule has 2 aromatic rings. The molecule has 4 nitrogen and oxygen atoms in total. The average molecular weight is 343 g/mol. The van der Waals surface area contributed by atoms with Crippen LogP contribution in [0.4, 0.5) is 10.1 Å². The van der Waals surface area contributed by atoms with Gasteiger partial charge in [-0.05, 0) is 48.7 Å². The van der Waals surface area contributed by atoms with Gasteiger partial charge in [0.15, 0.2) is 0 Å². The zero-order valence-corrected chi connectivity index (χ0v) is 13.9. The van der Waals surface area contributed by atoms with Crippen LogP contribution in [-0.2, 0) is 14.3 Å². The molecule has 0 unspecified atom stereocenters. The molecule has 0 N–H and O–H groups in total. The Morgan fingerprint density at radius 1 is 1.25 bits per heavy atom. The highest BCUT2D eigenvalue weighted by Crippen LogP contribution is 2.36. The molecule has 1 aliphatic heterocycles. The quantitative estimate of drug-likeness (QED) is 0.484. The molecule has 1 aromatic carbocycles. The zero-order valence-electron chi connectivity index (χ0n) is 13.1. The SMILES string of the molecule is COC(=O)C1=C(C)N(c2ccc(F)cc2)/C(=C\c2cccs2)C1=O. The highest BCUT2D eigenvalue weighted by Gasteiger charge is 2.38. The fourth-order valence-corrected chi connectivity index (χ4v) is 3.24. The van der Waals surface area contributed by atoms with Crippen LogP contribution in [0.1, 0.15) is 11.8 Å². The number of anilines is 1. The van der Waals surface area contributed by atoms with E-state index in [0.717, 1.165) is 4.88 Å². The lowest BCUT2D eigenvalue weighted by molar-refractivity contribution is -0.137. The van der Waals surface area contributed by atoms with E-state index >= 15 is 0 Å².